The summed E-state index contributed by atoms with van der Waals surface area (Å²) in [6.07, 6.45) is 1.43. The van der Waals surface area contributed by atoms with Gasteiger partial charge in [0.1, 0.15) is 0 Å². The van der Waals surface area contributed by atoms with Crippen molar-refractivity contribution >= 4 is 27.3 Å². The van der Waals surface area contributed by atoms with Crippen LogP contribution < -0.4 is 5.32 Å². The number of sulfonamides is 1. The number of nitrogens with one attached hydrogen (secondary N) is 1. The molecule has 1 heterocycles. The van der Waals surface area contributed by atoms with E-state index in [1.54, 1.807) is 6.07 Å². The first-order chi connectivity index (χ1) is 11.3. The summed E-state index contributed by atoms with van der Waals surface area (Å²) in [5.74, 6) is -0.235. The van der Waals surface area contributed by atoms with E-state index in [-0.39, 0.29) is 18.0 Å². The topological polar surface area (TPSA) is 113 Å². The quantitative estimate of drug-likeness (QED) is 0.587. The van der Waals surface area contributed by atoms with Crippen molar-refractivity contribution < 1.29 is 18.1 Å². The molecule has 0 unspecified atom stereocenters. The van der Waals surface area contributed by atoms with Gasteiger partial charge in [-0.3, -0.25) is 14.9 Å². The van der Waals surface area contributed by atoms with Crippen LogP contribution in [0.3, 0.4) is 0 Å². The normalized spacial score (nSPS) is 16.7. The van der Waals surface area contributed by atoms with Crippen molar-refractivity contribution in [2.45, 2.75) is 6.42 Å². The Bertz CT molecular complexity index is 714. The van der Waals surface area contributed by atoms with E-state index in [4.69, 9.17) is 0 Å². The number of hydrogen-bond acceptors (Lipinski definition) is 6. The molecule has 1 aromatic carbocycles. The van der Waals surface area contributed by atoms with Gasteiger partial charge in [-0.1, -0.05) is 6.07 Å². The SMILES string of the molecule is CS(=O)(=O)N1CCN(CCC(=O)Nc2cccc([N+](=O)[O-])c2)CC1. The number of benzene rings is 1. The summed E-state index contributed by atoms with van der Waals surface area (Å²) in [6, 6.07) is 5.77. The van der Waals surface area contributed by atoms with Gasteiger partial charge >= 0.3 is 0 Å². The predicted molar refractivity (Wildman–Crippen MR) is 89.2 cm³/mol. The Hall–Kier alpha value is -2.04. The van der Waals surface area contributed by atoms with Crippen LogP contribution in [-0.2, 0) is 14.8 Å². The predicted octanol–water partition coefficient (Wildman–Crippen LogP) is 0.501. The van der Waals surface area contributed by atoms with Crippen molar-refractivity contribution in [1.29, 1.82) is 0 Å². The molecule has 1 N–H and O–H groups in total. The highest BCUT2D eigenvalue weighted by atomic mass is 32.2. The summed E-state index contributed by atoms with van der Waals surface area (Å²) in [5, 5.41) is 13.3. The van der Waals surface area contributed by atoms with E-state index in [2.05, 4.69) is 5.32 Å². The Morgan fingerprint density at radius 3 is 2.54 bits per heavy atom. The van der Waals surface area contributed by atoms with Gasteiger partial charge in [-0.2, -0.15) is 4.31 Å². The summed E-state index contributed by atoms with van der Waals surface area (Å²) in [6.45, 7) is 2.52. The van der Waals surface area contributed by atoms with Gasteiger partial charge in [-0.25, -0.2) is 8.42 Å². The number of piperazine rings is 1. The minimum Gasteiger partial charge on any atom is -0.326 e. The lowest BCUT2D eigenvalue weighted by Crippen LogP contribution is -2.48. The first kappa shape index (κ1) is 18.3. The number of nitro benzene ring substituents is 1. The molecule has 10 heteroatoms. The largest absolute Gasteiger partial charge is 0.326 e. The molecule has 2 rings (SSSR count). The zero-order valence-electron chi connectivity index (χ0n) is 13.3. The lowest BCUT2D eigenvalue weighted by atomic mass is 10.2. The minimum atomic E-state index is -3.16. The first-order valence-electron chi connectivity index (χ1n) is 7.47. The molecule has 0 bridgehead atoms. The van der Waals surface area contributed by atoms with Crippen molar-refractivity contribution in [3.63, 3.8) is 0 Å². The number of non-ortho nitro benzene ring substituents is 1. The molecule has 0 aromatic heterocycles. The van der Waals surface area contributed by atoms with Crippen LogP contribution in [0.1, 0.15) is 6.42 Å². The van der Waals surface area contributed by atoms with Crippen LogP contribution in [0.25, 0.3) is 0 Å². The van der Waals surface area contributed by atoms with Gasteiger partial charge in [0.05, 0.1) is 11.2 Å². The molecule has 1 aliphatic rings. The molecule has 0 saturated carbocycles. The highest BCUT2D eigenvalue weighted by Gasteiger charge is 2.23. The Kier molecular flexibility index (Phi) is 5.86. The highest BCUT2D eigenvalue weighted by molar-refractivity contribution is 7.88. The van der Waals surface area contributed by atoms with Crippen LogP contribution in [0.15, 0.2) is 24.3 Å². The van der Waals surface area contributed by atoms with Crippen molar-refractivity contribution in [1.82, 2.24) is 9.21 Å². The van der Waals surface area contributed by atoms with Crippen LogP contribution in [0.5, 0.6) is 0 Å². The van der Waals surface area contributed by atoms with Gasteiger partial charge in [0, 0.05) is 57.0 Å². The average Bonchev–Trinajstić information content (AvgIpc) is 2.53. The number of nitrogens with zero attached hydrogens (tertiary/aromatic N) is 3. The van der Waals surface area contributed by atoms with Crippen molar-refractivity contribution in [2.24, 2.45) is 0 Å². The Morgan fingerprint density at radius 1 is 1.29 bits per heavy atom. The Morgan fingerprint density at radius 2 is 1.96 bits per heavy atom. The van der Waals surface area contributed by atoms with Crippen LogP contribution in [0.4, 0.5) is 11.4 Å². The van der Waals surface area contributed by atoms with Crippen LogP contribution in [0, 0.1) is 10.1 Å². The highest BCUT2D eigenvalue weighted by Crippen LogP contribution is 2.17. The number of hydrogen-bond donors (Lipinski definition) is 1. The summed E-state index contributed by atoms with van der Waals surface area (Å²) in [5.41, 5.74) is 0.306. The van der Waals surface area contributed by atoms with Crippen LogP contribution in [-0.4, -0.2) is 67.4 Å². The summed E-state index contributed by atoms with van der Waals surface area (Å²) < 4.78 is 24.3. The fourth-order valence-corrected chi connectivity index (χ4v) is 3.29. The molecule has 1 amide bonds. The maximum atomic E-state index is 11.9. The van der Waals surface area contributed by atoms with E-state index in [1.807, 2.05) is 4.90 Å². The van der Waals surface area contributed by atoms with Gasteiger partial charge < -0.3 is 10.2 Å². The zero-order chi connectivity index (χ0) is 17.7. The van der Waals surface area contributed by atoms with E-state index in [9.17, 15) is 23.3 Å². The third-order valence-corrected chi connectivity index (χ3v) is 5.10. The maximum absolute atomic E-state index is 11.9. The number of nitro groups is 1. The fraction of sp³-hybridized carbons (Fsp3) is 0.500. The van der Waals surface area contributed by atoms with Crippen molar-refractivity contribution in [3.8, 4) is 0 Å². The molecule has 0 atom stereocenters. The molecule has 132 valence electrons. The second kappa shape index (κ2) is 7.69. The van der Waals surface area contributed by atoms with Crippen molar-refractivity contribution in [2.75, 3.05) is 44.3 Å². The minimum absolute atomic E-state index is 0.0790. The first-order valence-corrected chi connectivity index (χ1v) is 9.32. The van der Waals surface area contributed by atoms with E-state index < -0.39 is 14.9 Å². The number of amides is 1. The van der Waals surface area contributed by atoms with E-state index >= 15 is 0 Å². The van der Waals surface area contributed by atoms with Gasteiger partial charge in [-0.15, -0.1) is 0 Å². The second-order valence-electron chi connectivity index (χ2n) is 5.61. The van der Waals surface area contributed by atoms with E-state index in [0.29, 0.717) is 38.4 Å². The average molecular weight is 356 g/mol. The second-order valence-corrected chi connectivity index (χ2v) is 7.59. The van der Waals surface area contributed by atoms with Gasteiger partial charge in [-0.05, 0) is 6.07 Å². The van der Waals surface area contributed by atoms with Crippen LogP contribution in [0.2, 0.25) is 0 Å². The molecule has 1 saturated heterocycles. The lowest BCUT2D eigenvalue weighted by Gasteiger charge is -2.32. The lowest BCUT2D eigenvalue weighted by molar-refractivity contribution is -0.384. The number of carbonyl (C=O) groups is 1. The summed E-state index contributed by atoms with van der Waals surface area (Å²) >= 11 is 0. The van der Waals surface area contributed by atoms with E-state index in [0.717, 1.165) is 0 Å². The Balaban J connectivity index is 1.78. The molecule has 1 aliphatic heterocycles. The standard InChI is InChI=1S/C14H20N4O5S/c1-24(22,23)17-9-7-16(8-10-17)6-5-14(19)15-12-3-2-4-13(11-12)18(20)21/h2-4,11H,5-10H2,1H3,(H,15,19). The Labute approximate surface area is 140 Å². The number of anilines is 1. The van der Waals surface area contributed by atoms with Gasteiger partial charge in [0.15, 0.2) is 0 Å². The molecule has 9 nitrogen and oxygen atoms in total. The molecular formula is C14H20N4O5S. The molecule has 0 radical (unpaired) electrons. The fourth-order valence-electron chi connectivity index (χ4n) is 2.47. The summed E-state index contributed by atoms with van der Waals surface area (Å²) in [4.78, 5) is 24.2. The van der Waals surface area contributed by atoms with Crippen LogP contribution >= 0.6 is 0 Å². The monoisotopic (exact) mass is 356 g/mol. The molecule has 1 aromatic rings. The smallest absolute Gasteiger partial charge is 0.271 e. The maximum Gasteiger partial charge on any atom is 0.271 e. The van der Waals surface area contributed by atoms with E-state index in [1.165, 1.54) is 28.8 Å². The zero-order valence-corrected chi connectivity index (χ0v) is 14.2. The van der Waals surface area contributed by atoms with Crippen molar-refractivity contribution in [3.05, 3.63) is 34.4 Å². The molecule has 0 spiro atoms. The molecule has 0 aliphatic carbocycles. The number of rotatable bonds is 6. The summed E-state index contributed by atoms with van der Waals surface area (Å²) in [7, 11) is -3.16. The molecular weight excluding hydrogens is 336 g/mol. The molecule has 24 heavy (non-hydrogen) atoms. The number of carbonyl (C=O) groups excluding carboxylic acids is 1. The third kappa shape index (κ3) is 5.25. The third-order valence-electron chi connectivity index (χ3n) is 3.80. The van der Waals surface area contributed by atoms with Gasteiger partial charge in [0.2, 0.25) is 15.9 Å². The van der Waals surface area contributed by atoms with Gasteiger partial charge in [0.25, 0.3) is 5.69 Å². The molecule has 1 fully saturated rings.